The van der Waals surface area contributed by atoms with Crippen LogP contribution in [-0.2, 0) is 9.59 Å². The van der Waals surface area contributed by atoms with E-state index < -0.39 is 5.97 Å². The molecule has 0 fully saturated rings. The van der Waals surface area contributed by atoms with Crippen LogP contribution < -0.4 is 5.32 Å². The predicted molar refractivity (Wildman–Crippen MR) is 119 cm³/mol. The van der Waals surface area contributed by atoms with E-state index in [0.29, 0.717) is 6.42 Å². The Balaban J connectivity index is 3.10. The van der Waals surface area contributed by atoms with Gasteiger partial charge in [0.05, 0.1) is 6.42 Å². The molecular weight excluding hydrogens is 350 g/mol. The van der Waals surface area contributed by atoms with Crippen molar-refractivity contribution in [1.82, 2.24) is 5.32 Å². The molecule has 4 heteroatoms. The van der Waals surface area contributed by atoms with Gasteiger partial charge in [0.1, 0.15) is 0 Å². The van der Waals surface area contributed by atoms with Crippen LogP contribution in [0.15, 0.2) is 0 Å². The molecule has 4 nitrogen and oxygen atoms in total. The minimum atomic E-state index is -0.867. The Bertz CT molecular complexity index is 358. The molecule has 0 heterocycles. The molecule has 0 rings (SSSR count). The van der Waals surface area contributed by atoms with E-state index in [1.807, 2.05) is 0 Å². The van der Waals surface area contributed by atoms with Crippen LogP contribution in [-0.4, -0.2) is 23.5 Å². The molecular formula is C24H47NO3. The van der Waals surface area contributed by atoms with Crippen molar-refractivity contribution in [2.75, 3.05) is 6.54 Å². The van der Waals surface area contributed by atoms with Gasteiger partial charge in [0.15, 0.2) is 0 Å². The van der Waals surface area contributed by atoms with Crippen LogP contribution in [0.5, 0.6) is 0 Å². The van der Waals surface area contributed by atoms with Gasteiger partial charge >= 0.3 is 5.97 Å². The maximum absolute atomic E-state index is 11.5. The SMILES string of the molecule is CCCCCCCCCCCCCCCCCCCCC(=O)NCCC(=O)O. The quantitative estimate of drug-likeness (QED) is 0.193. The molecule has 0 aromatic heterocycles. The first-order valence-electron chi connectivity index (χ1n) is 12.1. The first-order chi connectivity index (χ1) is 13.7. The number of carboxylic acid groups (broad SMARTS) is 1. The van der Waals surface area contributed by atoms with Crippen molar-refractivity contribution < 1.29 is 14.7 Å². The smallest absolute Gasteiger partial charge is 0.305 e. The van der Waals surface area contributed by atoms with Gasteiger partial charge in [0.25, 0.3) is 0 Å². The predicted octanol–water partition coefficient (Wildman–Crippen LogP) is 7.01. The van der Waals surface area contributed by atoms with Crippen molar-refractivity contribution in [2.45, 2.75) is 135 Å². The molecule has 0 unspecified atom stereocenters. The molecule has 0 aliphatic heterocycles. The molecule has 0 aliphatic carbocycles. The topological polar surface area (TPSA) is 66.4 Å². The molecule has 0 aliphatic rings. The molecule has 0 aromatic rings. The number of rotatable bonds is 22. The Labute approximate surface area is 174 Å². The van der Waals surface area contributed by atoms with E-state index in [2.05, 4.69) is 12.2 Å². The molecule has 0 saturated carbocycles. The number of nitrogens with one attached hydrogen (secondary N) is 1. The second-order valence-electron chi connectivity index (χ2n) is 8.25. The van der Waals surface area contributed by atoms with Gasteiger partial charge in [0, 0.05) is 13.0 Å². The van der Waals surface area contributed by atoms with Gasteiger partial charge in [-0.1, -0.05) is 116 Å². The lowest BCUT2D eigenvalue weighted by molar-refractivity contribution is -0.136. The first-order valence-corrected chi connectivity index (χ1v) is 12.1. The zero-order chi connectivity index (χ0) is 20.7. The summed E-state index contributed by atoms with van der Waals surface area (Å²) in [7, 11) is 0. The summed E-state index contributed by atoms with van der Waals surface area (Å²) in [5, 5.41) is 11.2. The number of carbonyl (C=O) groups excluding carboxylic acids is 1. The highest BCUT2D eigenvalue weighted by molar-refractivity contribution is 5.76. The summed E-state index contributed by atoms with van der Waals surface area (Å²) in [6.07, 6.45) is 24.7. The zero-order valence-electron chi connectivity index (χ0n) is 18.6. The zero-order valence-corrected chi connectivity index (χ0v) is 18.6. The maximum Gasteiger partial charge on any atom is 0.305 e. The molecule has 1 amide bonds. The summed E-state index contributed by atoms with van der Waals surface area (Å²) in [5.41, 5.74) is 0. The average Bonchev–Trinajstić information content (AvgIpc) is 2.66. The van der Waals surface area contributed by atoms with E-state index in [4.69, 9.17) is 5.11 Å². The molecule has 2 N–H and O–H groups in total. The van der Waals surface area contributed by atoms with Crippen molar-refractivity contribution >= 4 is 11.9 Å². The summed E-state index contributed by atoms with van der Waals surface area (Å²) in [6, 6.07) is 0. The van der Waals surface area contributed by atoms with Crippen LogP contribution in [0.25, 0.3) is 0 Å². The van der Waals surface area contributed by atoms with Gasteiger partial charge in [-0.25, -0.2) is 0 Å². The molecule has 0 spiro atoms. The third kappa shape index (κ3) is 23.0. The minimum Gasteiger partial charge on any atom is -0.481 e. The van der Waals surface area contributed by atoms with Crippen molar-refractivity contribution in [3.05, 3.63) is 0 Å². The second kappa shape index (κ2) is 22.2. The Morgan fingerprint density at radius 1 is 0.571 bits per heavy atom. The summed E-state index contributed by atoms with van der Waals surface area (Å²) >= 11 is 0. The van der Waals surface area contributed by atoms with E-state index in [0.717, 1.165) is 12.8 Å². The molecule has 0 aromatic carbocycles. The van der Waals surface area contributed by atoms with Crippen molar-refractivity contribution in [1.29, 1.82) is 0 Å². The lowest BCUT2D eigenvalue weighted by Gasteiger charge is -2.04. The standard InChI is InChI=1S/C24H47NO3/c1-2-3-4-5-6-7-8-9-10-11-12-13-14-15-16-17-18-19-20-23(26)25-22-21-24(27)28/h2-22H2,1H3,(H,25,26)(H,27,28). The molecule has 0 saturated heterocycles. The molecule has 0 radical (unpaired) electrons. The summed E-state index contributed by atoms with van der Waals surface area (Å²) in [6.45, 7) is 2.52. The van der Waals surface area contributed by atoms with Gasteiger partial charge in [-0.2, -0.15) is 0 Å². The van der Waals surface area contributed by atoms with E-state index in [-0.39, 0.29) is 18.9 Å². The fourth-order valence-electron chi connectivity index (χ4n) is 3.58. The van der Waals surface area contributed by atoms with Crippen molar-refractivity contribution in [3.63, 3.8) is 0 Å². The van der Waals surface area contributed by atoms with Crippen LogP contribution in [0.4, 0.5) is 0 Å². The van der Waals surface area contributed by atoms with Gasteiger partial charge in [-0.05, 0) is 6.42 Å². The molecule has 166 valence electrons. The van der Waals surface area contributed by atoms with Crippen LogP contribution in [0, 0.1) is 0 Å². The fourth-order valence-corrected chi connectivity index (χ4v) is 3.58. The van der Waals surface area contributed by atoms with Crippen LogP contribution >= 0.6 is 0 Å². The van der Waals surface area contributed by atoms with Crippen LogP contribution in [0.3, 0.4) is 0 Å². The first kappa shape index (κ1) is 26.9. The Morgan fingerprint density at radius 3 is 1.29 bits per heavy atom. The summed E-state index contributed by atoms with van der Waals surface area (Å²) in [4.78, 5) is 21.9. The van der Waals surface area contributed by atoms with Crippen molar-refractivity contribution in [2.24, 2.45) is 0 Å². The molecule has 0 atom stereocenters. The van der Waals surface area contributed by atoms with E-state index in [1.165, 1.54) is 103 Å². The third-order valence-corrected chi connectivity index (χ3v) is 5.42. The van der Waals surface area contributed by atoms with Crippen LogP contribution in [0.1, 0.15) is 135 Å². The highest BCUT2D eigenvalue weighted by Gasteiger charge is 2.02. The largest absolute Gasteiger partial charge is 0.481 e. The number of amides is 1. The maximum atomic E-state index is 11.5. The minimum absolute atomic E-state index is 0.00483. The molecule has 0 bridgehead atoms. The number of carbonyl (C=O) groups is 2. The van der Waals surface area contributed by atoms with Gasteiger partial charge in [0.2, 0.25) is 5.91 Å². The Hall–Kier alpha value is -1.06. The lowest BCUT2D eigenvalue weighted by Crippen LogP contribution is -2.25. The third-order valence-electron chi connectivity index (χ3n) is 5.42. The van der Waals surface area contributed by atoms with E-state index in [9.17, 15) is 9.59 Å². The Kier molecular flexibility index (Phi) is 21.4. The van der Waals surface area contributed by atoms with Gasteiger partial charge < -0.3 is 10.4 Å². The van der Waals surface area contributed by atoms with E-state index >= 15 is 0 Å². The summed E-state index contributed by atoms with van der Waals surface area (Å²) < 4.78 is 0. The fraction of sp³-hybridized carbons (Fsp3) is 0.917. The monoisotopic (exact) mass is 397 g/mol. The highest BCUT2D eigenvalue weighted by atomic mass is 16.4. The normalized spacial score (nSPS) is 10.9. The van der Waals surface area contributed by atoms with Crippen molar-refractivity contribution in [3.8, 4) is 0 Å². The number of hydrogen-bond acceptors (Lipinski definition) is 2. The van der Waals surface area contributed by atoms with E-state index in [1.54, 1.807) is 0 Å². The number of unbranched alkanes of at least 4 members (excludes halogenated alkanes) is 17. The Morgan fingerprint density at radius 2 is 0.929 bits per heavy atom. The average molecular weight is 398 g/mol. The molecule has 28 heavy (non-hydrogen) atoms. The number of carboxylic acids is 1. The second-order valence-corrected chi connectivity index (χ2v) is 8.25. The number of aliphatic carboxylic acids is 1. The van der Waals surface area contributed by atoms with Gasteiger partial charge in [-0.3, -0.25) is 9.59 Å². The van der Waals surface area contributed by atoms with Crippen LogP contribution in [0.2, 0.25) is 0 Å². The van der Waals surface area contributed by atoms with Gasteiger partial charge in [-0.15, -0.1) is 0 Å². The lowest BCUT2D eigenvalue weighted by atomic mass is 10.0. The number of hydrogen-bond donors (Lipinski definition) is 2. The highest BCUT2D eigenvalue weighted by Crippen LogP contribution is 2.14. The summed E-state index contributed by atoms with van der Waals surface area (Å²) in [5.74, 6) is -0.883.